The number of hydrogen-bond donors (Lipinski definition) is 3. The molecule has 134 valence electrons. The van der Waals surface area contributed by atoms with Crippen molar-refractivity contribution in [2.45, 2.75) is 19.3 Å². The van der Waals surface area contributed by atoms with Gasteiger partial charge in [-0.3, -0.25) is 9.59 Å². The van der Waals surface area contributed by atoms with Crippen LogP contribution in [-0.2, 0) is 16.0 Å². The minimum absolute atomic E-state index is 0.0205. The Hall–Kier alpha value is -3.35. The Kier molecular flexibility index (Phi) is 5.48. The van der Waals surface area contributed by atoms with Gasteiger partial charge in [0.05, 0.1) is 6.42 Å². The molecule has 0 saturated heterocycles. The molecule has 0 radical (unpaired) electrons. The first-order valence-electron chi connectivity index (χ1n) is 8.29. The van der Waals surface area contributed by atoms with Crippen LogP contribution in [0, 0.1) is 0 Å². The Morgan fingerprint density at radius 2 is 2.00 bits per heavy atom. The molecule has 2 aromatic heterocycles. The molecule has 3 aromatic rings. The molecule has 0 aliphatic rings. The van der Waals surface area contributed by atoms with Gasteiger partial charge in [0.25, 0.3) is 0 Å². The molecule has 2 heterocycles. The van der Waals surface area contributed by atoms with E-state index in [0.29, 0.717) is 36.4 Å². The summed E-state index contributed by atoms with van der Waals surface area (Å²) in [5.74, 6) is 0.375. The molecule has 0 fully saturated rings. The van der Waals surface area contributed by atoms with Gasteiger partial charge in [-0.25, -0.2) is 4.98 Å². The van der Waals surface area contributed by atoms with Crippen molar-refractivity contribution in [3.63, 3.8) is 0 Å². The number of aryl methyl sites for hydroxylation is 1. The third-order valence-corrected chi connectivity index (χ3v) is 3.76. The van der Waals surface area contributed by atoms with Crippen molar-refractivity contribution >= 4 is 34.4 Å². The predicted molar refractivity (Wildman–Crippen MR) is 98.1 cm³/mol. The van der Waals surface area contributed by atoms with Crippen molar-refractivity contribution in [3.8, 4) is 0 Å². The number of aliphatic carboxylic acids is 1. The maximum absolute atomic E-state index is 12.1. The summed E-state index contributed by atoms with van der Waals surface area (Å²) in [5.41, 5.74) is 1.34. The smallest absolute Gasteiger partial charge is 0.303 e. The number of nitrogens with one attached hydrogen (secondary N) is 2. The quantitative estimate of drug-likeness (QED) is 0.574. The van der Waals surface area contributed by atoms with Gasteiger partial charge >= 0.3 is 5.97 Å². The maximum Gasteiger partial charge on any atom is 0.303 e. The minimum Gasteiger partial charge on any atom is -0.481 e. The van der Waals surface area contributed by atoms with Crippen LogP contribution in [-0.4, -0.2) is 28.5 Å². The first-order chi connectivity index (χ1) is 12.6. The molecule has 3 N–H and O–H groups in total. The van der Waals surface area contributed by atoms with Crippen LogP contribution in [0.1, 0.15) is 18.6 Å². The molecule has 3 rings (SSSR count). The minimum atomic E-state index is -0.863. The van der Waals surface area contributed by atoms with Crippen molar-refractivity contribution in [2.75, 3.05) is 17.2 Å². The lowest BCUT2D eigenvalue weighted by molar-refractivity contribution is -0.137. The van der Waals surface area contributed by atoms with Gasteiger partial charge in [-0.1, -0.05) is 6.07 Å². The molecule has 0 aliphatic heterocycles. The van der Waals surface area contributed by atoms with Gasteiger partial charge < -0.3 is 20.2 Å². The van der Waals surface area contributed by atoms with E-state index in [1.54, 1.807) is 24.4 Å². The van der Waals surface area contributed by atoms with Crippen molar-refractivity contribution in [3.05, 3.63) is 54.4 Å². The van der Waals surface area contributed by atoms with Crippen molar-refractivity contribution in [2.24, 2.45) is 0 Å². The molecule has 0 aliphatic carbocycles. The number of anilines is 2. The Bertz CT molecular complexity index is 906. The summed E-state index contributed by atoms with van der Waals surface area (Å²) < 4.78 is 5.60. The van der Waals surface area contributed by atoms with Gasteiger partial charge in [0, 0.05) is 36.7 Å². The summed E-state index contributed by atoms with van der Waals surface area (Å²) in [6, 6.07) is 12.7. The second-order valence-electron chi connectivity index (χ2n) is 5.80. The maximum atomic E-state index is 12.1. The van der Waals surface area contributed by atoms with E-state index in [4.69, 9.17) is 9.52 Å². The molecule has 7 heteroatoms. The third kappa shape index (κ3) is 4.83. The number of carbonyl (C=O) groups excluding carboxylic acids is 1. The van der Waals surface area contributed by atoms with Crippen LogP contribution >= 0.6 is 0 Å². The van der Waals surface area contributed by atoms with E-state index < -0.39 is 5.97 Å². The highest BCUT2D eigenvalue weighted by atomic mass is 16.4. The molecular formula is C19H19N3O4. The van der Waals surface area contributed by atoms with E-state index in [9.17, 15) is 9.59 Å². The lowest BCUT2D eigenvalue weighted by Gasteiger charge is -2.07. The van der Waals surface area contributed by atoms with Gasteiger partial charge in [0.2, 0.25) is 5.91 Å². The summed E-state index contributed by atoms with van der Waals surface area (Å²) in [6.07, 6.45) is 2.36. The second kappa shape index (κ2) is 8.15. The van der Waals surface area contributed by atoms with Crippen LogP contribution in [0.2, 0.25) is 0 Å². The first kappa shape index (κ1) is 17.5. The van der Waals surface area contributed by atoms with Gasteiger partial charge in [-0.05, 0) is 36.4 Å². The van der Waals surface area contributed by atoms with E-state index in [1.807, 2.05) is 24.3 Å². The number of fused-ring (bicyclic) bond motifs is 1. The lowest BCUT2D eigenvalue weighted by Crippen LogP contribution is -2.16. The molecule has 0 bridgehead atoms. The number of aromatic nitrogens is 1. The molecule has 0 spiro atoms. The monoisotopic (exact) mass is 353 g/mol. The number of carboxylic acid groups (broad SMARTS) is 1. The Balaban J connectivity index is 1.54. The SMILES string of the molecule is O=C(O)CCc1cc2cc(NC(=O)CCNc3ccccn3)ccc2o1. The van der Waals surface area contributed by atoms with Crippen molar-refractivity contribution in [1.29, 1.82) is 0 Å². The van der Waals surface area contributed by atoms with Gasteiger partial charge in [-0.15, -0.1) is 0 Å². The Labute approximate surface area is 150 Å². The van der Waals surface area contributed by atoms with Crippen LogP contribution in [0.3, 0.4) is 0 Å². The number of amides is 1. The van der Waals surface area contributed by atoms with E-state index in [-0.39, 0.29) is 12.3 Å². The number of carbonyl (C=O) groups is 2. The Morgan fingerprint density at radius 3 is 2.77 bits per heavy atom. The number of benzene rings is 1. The number of carboxylic acids is 1. The summed E-state index contributed by atoms with van der Waals surface area (Å²) >= 11 is 0. The number of rotatable bonds is 8. The highest BCUT2D eigenvalue weighted by Crippen LogP contribution is 2.24. The zero-order valence-electron chi connectivity index (χ0n) is 14.1. The third-order valence-electron chi connectivity index (χ3n) is 3.76. The average molecular weight is 353 g/mol. The van der Waals surface area contributed by atoms with Gasteiger partial charge in [0.1, 0.15) is 17.2 Å². The topological polar surface area (TPSA) is 104 Å². The zero-order chi connectivity index (χ0) is 18.4. The molecule has 0 atom stereocenters. The van der Waals surface area contributed by atoms with E-state index in [1.165, 1.54) is 0 Å². The summed E-state index contributed by atoms with van der Waals surface area (Å²) in [5, 5.41) is 15.5. The normalized spacial score (nSPS) is 10.6. The van der Waals surface area contributed by atoms with Crippen LogP contribution in [0.5, 0.6) is 0 Å². The number of nitrogens with zero attached hydrogens (tertiary/aromatic N) is 1. The van der Waals surface area contributed by atoms with E-state index >= 15 is 0 Å². The Morgan fingerprint density at radius 1 is 1.12 bits per heavy atom. The zero-order valence-corrected chi connectivity index (χ0v) is 14.1. The molecule has 0 saturated carbocycles. The number of furan rings is 1. The highest BCUT2D eigenvalue weighted by molar-refractivity contribution is 5.93. The largest absolute Gasteiger partial charge is 0.481 e. The molecule has 0 unspecified atom stereocenters. The number of hydrogen-bond acceptors (Lipinski definition) is 5. The fourth-order valence-corrected chi connectivity index (χ4v) is 2.52. The molecule has 7 nitrogen and oxygen atoms in total. The molecule has 1 amide bonds. The predicted octanol–water partition coefficient (Wildman–Crippen LogP) is 3.29. The van der Waals surface area contributed by atoms with Crippen LogP contribution < -0.4 is 10.6 Å². The number of pyridine rings is 1. The van der Waals surface area contributed by atoms with Crippen LogP contribution in [0.4, 0.5) is 11.5 Å². The van der Waals surface area contributed by atoms with E-state index in [0.717, 1.165) is 11.2 Å². The van der Waals surface area contributed by atoms with Crippen LogP contribution in [0.25, 0.3) is 11.0 Å². The molecular weight excluding hydrogens is 334 g/mol. The summed E-state index contributed by atoms with van der Waals surface area (Å²) in [4.78, 5) is 26.8. The van der Waals surface area contributed by atoms with Gasteiger partial charge in [-0.2, -0.15) is 0 Å². The lowest BCUT2D eigenvalue weighted by atomic mass is 10.2. The van der Waals surface area contributed by atoms with Gasteiger partial charge in [0.15, 0.2) is 0 Å². The molecule has 26 heavy (non-hydrogen) atoms. The van der Waals surface area contributed by atoms with Crippen molar-refractivity contribution in [1.82, 2.24) is 4.98 Å². The second-order valence-corrected chi connectivity index (χ2v) is 5.80. The average Bonchev–Trinajstić information content (AvgIpc) is 3.03. The standard InChI is InChI=1S/C19H19N3O4/c23-18(8-10-21-17-3-1-2-9-20-17)22-14-4-6-16-13(11-14)12-15(26-16)5-7-19(24)25/h1-4,6,9,11-12H,5,7-8,10H2,(H,20,21)(H,22,23)(H,24,25). The fraction of sp³-hybridized carbons (Fsp3) is 0.211. The summed E-state index contributed by atoms with van der Waals surface area (Å²) in [6.45, 7) is 0.482. The fourth-order valence-electron chi connectivity index (χ4n) is 2.52. The van der Waals surface area contributed by atoms with Crippen molar-refractivity contribution < 1.29 is 19.1 Å². The first-order valence-corrected chi connectivity index (χ1v) is 8.29. The molecule has 1 aromatic carbocycles. The highest BCUT2D eigenvalue weighted by Gasteiger charge is 2.08. The summed E-state index contributed by atoms with van der Waals surface area (Å²) in [7, 11) is 0. The van der Waals surface area contributed by atoms with Crippen LogP contribution in [0.15, 0.2) is 53.1 Å². The van der Waals surface area contributed by atoms with E-state index in [2.05, 4.69) is 15.6 Å².